The molecular formula is C14H19N3O2S. The highest BCUT2D eigenvalue weighted by Crippen LogP contribution is 2.30. The van der Waals surface area contributed by atoms with Gasteiger partial charge in [0.05, 0.1) is 17.7 Å². The molecule has 2 aromatic rings. The molecule has 0 bridgehead atoms. The maximum absolute atomic E-state index is 11.9. The summed E-state index contributed by atoms with van der Waals surface area (Å²) in [5.74, 6) is 0.657. The van der Waals surface area contributed by atoms with E-state index in [1.807, 2.05) is 23.4 Å². The van der Waals surface area contributed by atoms with Gasteiger partial charge >= 0.3 is 0 Å². The normalized spacial score (nSPS) is 18.1. The fourth-order valence-corrected chi connectivity index (χ4v) is 3.73. The Morgan fingerprint density at radius 1 is 1.50 bits per heavy atom. The van der Waals surface area contributed by atoms with Crippen molar-refractivity contribution in [3.05, 3.63) is 27.6 Å². The highest BCUT2D eigenvalue weighted by molar-refractivity contribution is 7.17. The summed E-state index contributed by atoms with van der Waals surface area (Å²) in [5, 5.41) is 12.3. The average molecular weight is 293 g/mol. The number of rotatable bonds is 4. The van der Waals surface area contributed by atoms with Crippen LogP contribution in [-0.2, 0) is 6.54 Å². The van der Waals surface area contributed by atoms with Crippen molar-refractivity contribution in [2.75, 3.05) is 13.6 Å². The Balaban J connectivity index is 1.73. The van der Waals surface area contributed by atoms with Crippen LogP contribution in [0.4, 0.5) is 0 Å². The maximum Gasteiger partial charge on any atom is 0.268 e. The topological polar surface area (TPSA) is 69.2 Å². The zero-order valence-electron chi connectivity index (χ0n) is 11.6. The minimum Gasteiger partial charge on any atom is -0.389 e. The second-order valence-corrected chi connectivity index (χ2v) is 6.67. The van der Waals surface area contributed by atoms with Gasteiger partial charge in [0.15, 0.2) is 0 Å². The summed E-state index contributed by atoms with van der Waals surface area (Å²) in [7, 11) is 1.95. The number of likely N-dealkylation sites (N-methyl/N-ethyl adjacent to an activating group) is 1. The fourth-order valence-electron chi connectivity index (χ4n) is 3.00. The first-order valence-electron chi connectivity index (χ1n) is 6.93. The van der Waals surface area contributed by atoms with Crippen molar-refractivity contribution >= 4 is 21.6 Å². The number of thiophene rings is 1. The van der Waals surface area contributed by atoms with Gasteiger partial charge in [0.25, 0.3) is 5.56 Å². The Kier molecular flexibility index (Phi) is 3.62. The highest BCUT2D eigenvalue weighted by atomic mass is 32.1. The molecule has 2 N–H and O–H groups in total. The fraction of sp³-hybridized carbons (Fsp3) is 0.571. The van der Waals surface area contributed by atoms with Crippen molar-refractivity contribution in [1.82, 2.24) is 14.9 Å². The predicted molar refractivity (Wildman–Crippen MR) is 80.0 cm³/mol. The van der Waals surface area contributed by atoms with E-state index in [0.29, 0.717) is 23.6 Å². The minimum atomic E-state index is -0.568. The van der Waals surface area contributed by atoms with Crippen LogP contribution in [-0.4, -0.2) is 39.2 Å². The molecule has 6 heteroatoms. The SMILES string of the molecule is CN(Cc1nc2ccsc2c(=O)[nH]1)CC1(O)CCCC1. The first-order chi connectivity index (χ1) is 9.56. The molecule has 5 nitrogen and oxygen atoms in total. The summed E-state index contributed by atoms with van der Waals surface area (Å²) >= 11 is 1.41. The van der Waals surface area contributed by atoms with Crippen LogP contribution in [0.1, 0.15) is 31.5 Å². The summed E-state index contributed by atoms with van der Waals surface area (Å²) < 4.78 is 0.672. The van der Waals surface area contributed by atoms with Crippen LogP contribution in [0.3, 0.4) is 0 Å². The molecule has 0 radical (unpaired) electrons. The lowest BCUT2D eigenvalue weighted by Crippen LogP contribution is -2.39. The van der Waals surface area contributed by atoms with Crippen LogP contribution in [0.2, 0.25) is 0 Å². The molecular weight excluding hydrogens is 274 g/mol. The molecule has 0 aromatic carbocycles. The first kappa shape index (κ1) is 13.7. The van der Waals surface area contributed by atoms with Gasteiger partial charge < -0.3 is 10.1 Å². The minimum absolute atomic E-state index is 0.0759. The van der Waals surface area contributed by atoms with Gasteiger partial charge in [-0.3, -0.25) is 9.69 Å². The lowest BCUT2D eigenvalue weighted by Gasteiger charge is -2.28. The van der Waals surface area contributed by atoms with E-state index in [0.717, 1.165) is 31.2 Å². The van der Waals surface area contributed by atoms with Gasteiger partial charge in [-0.25, -0.2) is 4.98 Å². The number of aromatic nitrogens is 2. The van der Waals surface area contributed by atoms with Crippen LogP contribution in [0.15, 0.2) is 16.2 Å². The van der Waals surface area contributed by atoms with E-state index in [-0.39, 0.29) is 5.56 Å². The van der Waals surface area contributed by atoms with Crippen LogP contribution in [0, 0.1) is 0 Å². The molecule has 2 aromatic heterocycles. The molecule has 1 fully saturated rings. The largest absolute Gasteiger partial charge is 0.389 e. The molecule has 20 heavy (non-hydrogen) atoms. The van der Waals surface area contributed by atoms with E-state index < -0.39 is 5.60 Å². The number of aliphatic hydroxyl groups is 1. The summed E-state index contributed by atoms with van der Waals surface area (Å²) in [6, 6.07) is 1.86. The summed E-state index contributed by atoms with van der Waals surface area (Å²) in [5.41, 5.74) is 0.108. The van der Waals surface area contributed by atoms with Gasteiger partial charge in [-0.05, 0) is 31.3 Å². The zero-order valence-corrected chi connectivity index (χ0v) is 12.4. The molecule has 0 amide bonds. The van der Waals surface area contributed by atoms with Crippen LogP contribution >= 0.6 is 11.3 Å². The molecule has 2 heterocycles. The Labute approximate surface area is 121 Å². The number of H-pyrrole nitrogens is 1. The zero-order chi connectivity index (χ0) is 14.2. The van der Waals surface area contributed by atoms with Crippen molar-refractivity contribution in [2.24, 2.45) is 0 Å². The number of fused-ring (bicyclic) bond motifs is 1. The molecule has 0 atom stereocenters. The quantitative estimate of drug-likeness (QED) is 0.900. The standard InChI is InChI=1S/C14H19N3O2S/c1-17(9-14(19)5-2-3-6-14)8-11-15-10-4-7-20-12(10)13(18)16-11/h4,7,19H,2-3,5-6,8-9H2,1H3,(H,15,16,18). The Bertz CT molecular complexity index is 658. The first-order valence-corrected chi connectivity index (χ1v) is 7.81. The van der Waals surface area contributed by atoms with Gasteiger partial charge in [-0.1, -0.05) is 12.8 Å². The van der Waals surface area contributed by atoms with E-state index in [1.54, 1.807) is 0 Å². The van der Waals surface area contributed by atoms with Gasteiger partial charge in [0, 0.05) is 6.54 Å². The molecule has 0 aliphatic heterocycles. The molecule has 3 rings (SSSR count). The van der Waals surface area contributed by atoms with E-state index >= 15 is 0 Å². The lowest BCUT2D eigenvalue weighted by molar-refractivity contribution is 0.0140. The molecule has 0 unspecified atom stereocenters. The number of nitrogens with one attached hydrogen (secondary N) is 1. The smallest absolute Gasteiger partial charge is 0.268 e. The van der Waals surface area contributed by atoms with E-state index in [1.165, 1.54) is 11.3 Å². The monoisotopic (exact) mass is 293 g/mol. The van der Waals surface area contributed by atoms with Gasteiger partial charge in [-0.2, -0.15) is 0 Å². The van der Waals surface area contributed by atoms with E-state index in [2.05, 4.69) is 9.97 Å². The third kappa shape index (κ3) is 2.77. The molecule has 1 aliphatic rings. The summed E-state index contributed by atoms with van der Waals surface area (Å²) in [6.45, 7) is 1.17. The number of hydrogen-bond acceptors (Lipinski definition) is 5. The van der Waals surface area contributed by atoms with Gasteiger partial charge in [0.2, 0.25) is 0 Å². The second-order valence-electron chi connectivity index (χ2n) is 5.75. The Morgan fingerprint density at radius 2 is 2.25 bits per heavy atom. The van der Waals surface area contributed by atoms with Gasteiger partial charge in [-0.15, -0.1) is 11.3 Å². The highest BCUT2D eigenvalue weighted by Gasteiger charge is 2.32. The van der Waals surface area contributed by atoms with E-state index in [9.17, 15) is 9.90 Å². The second kappa shape index (κ2) is 5.27. The summed E-state index contributed by atoms with van der Waals surface area (Å²) in [6.07, 6.45) is 3.93. The van der Waals surface area contributed by atoms with Gasteiger partial charge in [0.1, 0.15) is 10.5 Å². The predicted octanol–water partition coefficient (Wildman–Crippen LogP) is 1.72. The number of aromatic amines is 1. The number of hydrogen-bond donors (Lipinski definition) is 2. The number of nitrogens with zero attached hydrogens (tertiary/aromatic N) is 2. The van der Waals surface area contributed by atoms with E-state index in [4.69, 9.17) is 0 Å². The Morgan fingerprint density at radius 3 is 3.00 bits per heavy atom. The Hall–Kier alpha value is -1.24. The van der Waals surface area contributed by atoms with Crippen LogP contribution in [0.5, 0.6) is 0 Å². The van der Waals surface area contributed by atoms with Crippen molar-refractivity contribution in [2.45, 2.75) is 37.8 Å². The molecule has 1 saturated carbocycles. The maximum atomic E-state index is 11.9. The summed E-state index contributed by atoms with van der Waals surface area (Å²) in [4.78, 5) is 21.2. The third-order valence-corrected chi connectivity index (χ3v) is 4.78. The third-order valence-electron chi connectivity index (χ3n) is 3.88. The van der Waals surface area contributed by atoms with Crippen molar-refractivity contribution in [3.63, 3.8) is 0 Å². The van der Waals surface area contributed by atoms with Crippen LogP contribution in [0.25, 0.3) is 10.2 Å². The van der Waals surface area contributed by atoms with Crippen molar-refractivity contribution < 1.29 is 5.11 Å². The average Bonchev–Trinajstić information content (AvgIpc) is 2.98. The lowest BCUT2D eigenvalue weighted by atomic mass is 10.0. The molecule has 108 valence electrons. The molecule has 1 aliphatic carbocycles. The molecule has 0 saturated heterocycles. The molecule has 0 spiro atoms. The van der Waals surface area contributed by atoms with Crippen molar-refractivity contribution in [1.29, 1.82) is 0 Å². The van der Waals surface area contributed by atoms with Crippen LogP contribution < -0.4 is 5.56 Å². The van der Waals surface area contributed by atoms with Crippen molar-refractivity contribution in [3.8, 4) is 0 Å².